The predicted octanol–water partition coefficient (Wildman–Crippen LogP) is 4.63. The van der Waals surface area contributed by atoms with E-state index in [0.29, 0.717) is 11.8 Å². The van der Waals surface area contributed by atoms with Crippen molar-refractivity contribution in [2.75, 3.05) is 13.7 Å². The zero-order valence-electron chi connectivity index (χ0n) is 19.4. The quantitative estimate of drug-likeness (QED) is 0.535. The molecule has 3 aliphatic rings. The molecule has 4 rings (SSSR count). The Bertz CT molecular complexity index is 881. The number of allylic oxidation sites excluding steroid dienone is 3. The number of hydrogen-bond donors (Lipinski definition) is 1. The lowest BCUT2D eigenvalue weighted by atomic mass is 9.46. The van der Waals surface area contributed by atoms with Crippen LogP contribution in [0.5, 0.6) is 0 Å². The number of hydrogen-bond acceptors (Lipinski definition) is 3. The van der Waals surface area contributed by atoms with Crippen LogP contribution in [0.15, 0.2) is 53.3 Å². The van der Waals surface area contributed by atoms with Crippen molar-refractivity contribution in [2.45, 2.75) is 65.3 Å². The van der Waals surface area contributed by atoms with Crippen LogP contribution in [-0.2, 0) is 22.5 Å². The van der Waals surface area contributed by atoms with Gasteiger partial charge < -0.3 is 9.15 Å². The van der Waals surface area contributed by atoms with E-state index in [9.17, 15) is 4.79 Å². The van der Waals surface area contributed by atoms with Crippen molar-refractivity contribution in [3.8, 4) is 0 Å². The topological polar surface area (TPSA) is 43.9 Å². The summed E-state index contributed by atoms with van der Waals surface area (Å²) >= 11 is 0. The minimum atomic E-state index is -0.376. The Morgan fingerprint density at radius 2 is 2.16 bits per heavy atom. The van der Waals surface area contributed by atoms with Gasteiger partial charge in [0.15, 0.2) is 5.76 Å². The van der Waals surface area contributed by atoms with Crippen LogP contribution >= 0.6 is 0 Å². The summed E-state index contributed by atoms with van der Waals surface area (Å²) in [6.45, 7) is 10.9. The smallest absolute Gasteiger partial charge is 0.311 e. The zero-order chi connectivity index (χ0) is 22.1. The second-order valence-electron chi connectivity index (χ2n) is 10.3. The molecule has 31 heavy (non-hydrogen) atoms. The molecule has 1 aromatic heterocycles. The van der Waals surface area contributed by atoms with Crippen molar-refractivity contribution in [2.24, 2.45) is 22.7 Å². The zero-order valence-corrected chi connectivity index (χ0v) is 19.4. The van der Waals surface area contributed by atoms with Gasteiger partial charge in [-0.1, -0.05) is 31.6 Å². The van der Waals surface area contributed by atoms with Crippen molar-refractivity contribution in [1.29, 1.82) is 0 Å². The largest absolute Gasteiger partial charge is 0.469 e. The summed E-state index contributed by atoms with van der Waals surface area (Å²) in [7, 11) is 1.54. The normalized spacial score (nSPS) is 35.1. The lowest BCUT2D eigenvalue weighted by Gasteiger charge is -2.57. The molecule has 1 aliphatic heterocycles. The van der Waals surface area contributed by atoms with Crippen LogP contribution in [0, 0.1) is 22.7 Å². The van der Waals surface area contributed by atoms with Gasteiger partial charge in [-0.05, 0) is 86.5 Å². The van der Waals surface area contributed by atoms with Gasteiger partial charge in [-0.2, -0.15) is 0 Å². The molecule has 0 bridgehead atoms. The molecule has 1 aromatic rings. The van der Waals surface area contributed by atoms with Crippen LogP contribution in [0.3, 0.4) is 0 Å². The third kappa shape index (κ3) is 4.07. The van der Waals surface area contributed by atoms with E-state index in [1.807, 2.05) is 6.26 Å². The Hall–Kier alpha value is -2.07. The maximum Gasteiger partial charge on any atom is 0.311 e. The number of fused-ring (bicyclic) bond motifs is 1. The van der Waals surface area contributed by atoms with Gasteiger partial charge in [-0.15, -0.1) is 0 Å². The SMILES string of the molecule is C=C1CCC2[C@](C)(CCC[C@]2(C)C(=O)OC)[C@H]1CCc1ccoc1C[NH+]1C=CC=CC1. The van der Waals surface area contributed by atoms with Gasteiger partial charge in [0.25, 0.3) is 0 Å². The molecule has 4 nitrogen and oxygen atoms in total. The van der Waals surface area contributed by atoms with Crippen LogP contribution in [0.25, 0.3) is 0 Å². The summed E-state index contributed by atoms with van der Waals surface area (Å²) in [5.41, 5.74) is 2.42. The van der Waals surface area contributed by atoms with Gasteiger partial charge in [0.1, 0.15) is 13.1 Å². The summed E-state index contributed by atoms with van der Waals surface area (Å²) in [5.74, 6) is 1.86. The number of carbonyl (C=O) groups excluding carboxylic acids is 1. The fourth-order valence-corrected chi connectivity index (χ4v) is 6.90. The lowest BCUT2D eigenvalue weighted by Crippen LogP contribution is -3.06. The molecule has 0 radical (unpaired) electrons. The van der Waals surface area contributed by atoms with Crippen LogP contribution in [0.2, 0.25) is 0 Å². The van der Waals surface area contributed by atoms with Crippen molar-refractivity contribution < 1.29 is 18.8 Å². The molecule has 1 N–H and O–H groups in total. The molecule has 2 fully saturated rings. The van der Waals surface area contributed by atoms with Gasteiger partial charge in [0.2, 0.25) is 0 Å². The Morgan fingerprint density at radius 3 is 2.90 bits per heavy atom. The second kappa shape index (κ2) is 8.82. The monoisotopic (exact) mass is 424 g/mol. The number of quaternary nitrogens is 1. The number of furan rings is 1. The highest BCUT2D eigenvalue weighted by Crippen LogP contribution is 2.62. The van der Waals surface area contributed by atoms with Gasteiger partial charge in [0.05, 0.1) is 25.0 Å². The first-order valence-corrected chi connectivity index (χ1v) is 11.9. The van der Waals surface area contributed by atoms with Crippen LogP contribution in [-0.4, -0.2) is 19.6 Å². The van der Waals surface area contributed by atoms with Crippen molar-refractivity contribution in [1.82, 2.24) is 0 Å². The molecule has 0 saturated heterocycles. The van der Waals surface area contributed by atoms with Crippen LogP contribution < -0.4 is 4.90 Å². The number of rotatable bonds is 6. The van der Waals surface area contributed by atoms with E-state index in [0.717, 1.165) is 57.4 Å². The highest BCUT2D eigenvalue weighted by atomic mass is 16.5. The fourth-order valence-electron chi connectivity index (χ4n) is 6.90. The maximum atomic E-state index is 12.8. The summed E-state index contributed by atoms with van der Waals surface area (Å²) in [5, 5.41) is 0. The maximum absolute atomic E-state index is 12.8. The number of aryl methyl sites for hydroxylation is 1. The summed E-state index contributed by atoms with van der Waals surface area (Å²) in [4.78, 5) is 14.2. The van der Waals surface area contributed by atoms with Crippen LogP contribution in [0.1, 0.15) is 63.7 Å². The summed E-state index contributed by atoms with van der Waals surface area (Å²) < 4.78 is 11.2. The molecule has 0 amide bonds. The molecule has 4 heteroatoms. The van der Waals surface area contributed by atoms with Crippen molar-refractivity contribution in [3.05, 3.63) is 60.2 Å². The number of nitrogens with one attached hydrogen (secondary N) is 1. The molecular formula is C27H38NO3+. The highest BCUT2D eigenvalue weighted by molar-refractivity contribution is 5.77. The van der Waals surface area contributed by atoms with Gasteiger partial charge in [0, 0.05) is 0 Å². The molecule has 2 saturated carbocycles. The molecule has 168 valence electrons. The third-order valence-electron chi connectivity index (χ3n) is 8.56. The molecular weight excluding hydrogens is 386 g/mol. The van der Waals surface area contributed by atoms with E-state index in [1.54, 1.807) is 0 Å². The Balaban J connectivity index is 1.50. The summed E-state index contributed by atoms with van der Waals surface area (Å²) in [6, 6.07) is 2.14. The first-order valence-electron chi connectivity index (χ1n) is 11.9. The summed E-state index contributed by atoms with van der Waals surface area (Å²) in [6.07, 6.45) is 17.8. The van der Waals surface area contributed by atoms with E-state index in [-0.39, 0.29) is 16.8 Å². The Labute approximate surface area is 187 Å². The minimum Gasteiger partial charge on any atom is -0.469 e. The third-order valence-corrected chi connectivity index (χ3v) is 8.56. The van der Waals surface area contributed by atoms with Crippen molar-refractivity contribution >= 4 is 5.97 Å². The van der Waals surface area contributed by atoms with E-state index in [2.05, 4.69) is 50.9 Å². The highest BCUT2D eigenvalue weighted by Gasteiger charge is 2.57. The molecule has 0 spiro atoms. The Kier molecular flexibility index (Phi) is 6.30. The average Bonchev–Trinajstić information content (AvgIpc) is 3.20. The standard InChI is InChI=1S/C27H37NO3/c1-20-9-12-24-26(2,14-8-15-27(24,3)25(29)30-4)22(20)11-10-21-13-18-31-23(21)19-28-16-6-5-7-17-28/h5-7,13,16,18,22,24H,1,8-12,14-15,17,19H2,2-4H3/p+1/t22-,24?,26+,27-/m0/s1. The van der Waals surface area contributed by atoms with E-state index < -0.39 is 0 Å². The number of methoxy groups -OCH3 is 1. The van der Waals surface area contributed by atoms with Crippen molar-refractivity contribution in [3.63, 3.8) is 0 Å². The first kappa shape index (κ1) is 22.1. The number of esters is 1. The second-order valence-corrected chi connectivity index (χ2v) is 10.3. The van der Waals surface area contributed by atoms with E-state index in [1.165, 1.54) is 29.6 Å². The van der Waals surface area contributed by atoms with Gasteiger partial charge in [-0.3, -0.25) is 9.69 Å². The molecule has 2 heterocycles. The van der Waals surface area contributed by atoms with E-state index in [4.69, 9.17) is 9.15 Å². The number of ether oxygens (including phenoxy) is 1. The molecule has 0 aromatic carbocycles. The minimum absolute atomic E-state index is 0.0292. The molecule has 2 aliphatic carbocycles. The number of carbonyl (C=O) groups is 1. The van der Waals surface area contributed by atoms with Gasteiger partial charge in [-0.25, -0.2) is 0 Å². The average molecular weight is 425 g/mol. The lowest BCUT2D eigenvalue weighted by molar-refractivity contribution is -0.856. The Morgan fingerprint density at radius 1 is 1.32 bits per heavy atom. The van der Waals surface area contributed by atoms with Crippen LogP contribution in [0.4, 0.5) is 0 Å². The fraction of sp³-hybridized carbons (Fsp3) is 0.593. The molecule has 5 atom stereocenters. The van der Waals surface area contributed by atoms with E-state index >= 15 is 0 Å². The molecule has 2 unspecified atom stereocenters. The first-order chi connectivity index (χ1) is 14.9. The van der Waals surface area contributed by atoms with Gasteiger partial charge >= 0.3 is 5.97 Å². The predicted molar refractivity (Wildman–Crippen MR) is 122 cm³/mol.